The van der Waals surface area contributed by atoms with Crippen LogP contribution < -0.4 is 5.32 Å². The van der Waals surface area contributed by atoms with E-state index in [1.165, 1.54) is 12.8 Å². The van der Waals surface area contributed by atoms with Crippen LogP contribution >= 0.6 is 0 Å². The standard InChI is InChI=1S/C16H26N2O3/c1-11-15(12(2)21-18-11)7-8-16(20)17-9-13-5-3-4-6-14(13)10-19/h13-14,19H,3-10H2,1-2H3,(H,17,20). The Kier molecular flexibility index (Phi) is 5.79. The number of amides is 1. The molecular formula is C16H26N2O3. The summed E-state index contributed by atoms with van der Waals surface area (Å²) in [6, 6.07) is 0. The highest BCUT2D eigenvalue weighted by Gasteiger charge is 2.24. The first-order valence-electron chi connectivity index (χ1n) is 7.91. The average Bonchev–Trinajstić information content (AvgIpc) is 2.82. The van der Waals surface area contributed by atoms with Crippen molar-refractivity contribution < 1.29 is 14.4 Å². The molecule has 0 bridgehead atoms. The second-order valence-corrected chi connectivity index (χ2v) is 6.09. The van der Waals surface area contributed by atoms with Crippen molar-refractivity contribution >= 4 is 5.91 Å². The van der Waals surface area contributed by atoms with Crippen molar-refractivity contribution in [2.75, 3.05) is 13.2 Å². The van der Waals surface area contributed by atoms with Gasteiger partial charge in [-0.05, 0) is 44.9 Å². The lowest BCUT2D eigenvalue weighted by atomic mass is 9.79. The van der Waals surface area contributed by atoms with Crippen LogP contribution in [0.5, 0.6) is 0 Å². The lowest BCUT2D eigenvalue weighted by Crippen LogP contribution is -2.35. The first-order chi connectivity index (χ1) is 10.1. The van der Waals surface area contributed by atoms with Gasteiger partial charge in [0.05, 0.1) is 5.69 Å². The molecule has 1 saturated carbocycles. The Balaban J connectivity index is 1.74. The Morgan fingerprint density at radius 1 is 1.33 bits per heavy atom. The number of hydrogen-bond acceptors (Lipinski definition) is 4. The molecule has 1 aromatic rings. The summed E-state index contributed by atoms with van der Waals surface area (Å²) in [4.78, 5) is 12.0. The van der Waals surface area contributed by atoms with Gasteiger partial charge in [0, 0.05) is 25.1 Å². The predicted octanol–water partition coefficient (Wildman–Crippen LogP) is 2.14. The molecule has 118 valence electrons. The Morgan fingerprint density at radius 2 is 2.05 bits per heavy atom. The number of aliphatic hydroxyl groups is 1. The van der Waals surface area contributed by atoms with E-state index in [2.05, 4.69) is 10.5 Å². The van der Waals surface area contributed by atoms with Gasteiger partial charge in [-0.2, -0.15) is 0 Å². The first kappa shape index (κ1) is 16.0. The molecule has 1 aromatic heterocycles. The van der Waals surface area contributed by atoms with Crippen LogP contribution in [-0.4, -0.2) is 29.3 Å². The smallest absolute Gasteiger partial charge is 0.220 e. The highest BCUT2D eigenvalue weighted by Crippen LogP contribution is 2.29. The molecule has 1 fully saturated rings. The van der Waals surface area contributed by atoms with Gasteiger partial charge in [0.15, 0.2) is 0 Å². The average molecular weight is 294 g/mol. The van der Waals surface area contributed by atoms with Crippen LogP contribution in [0.2, 0.25) is 0 Å². The number of aryl methyl sites for hydroxylation is 2. The van der Waals surface area contributed by atoms with Crippen molar-refractivity contribution in [3.63, 3.8) is 0 Å². The molecule has 1 aliphatic rings. The normalized spacial score (nSPS) is 22.2. The van der Waals surface area contributed by atoms with Crippen molar-refractivity contribution in [1.82, 2.24) is 10.5 Å². The van der Waals surface area contributed by atoms with Gasteiger partial charge in [0.2, 0.25) is 5.91 Å². The van der Waals surface area contributed by atoms with Crippen LogP contribution in [0.3, 0.4) is 0 Å². The number of rotatable bonds is 6. The topological polar surface area (TPSA) is 75.4 Å². The minimum absolute atomic E-state index is 0.0669. The lowest BCUT2D eigenvalue weighted by molar-refractivity contribution is -0.121. The largest absolute Gasteiger partial charge is 0.396 e. The van der Waals surface area contributed by atoms with Crippen LogP contribution in [0, 0.1) is 25.7 Å². The fourth-order valence-corrected chi connectivity index (χ4v) is 3.22. The molecule has 2 N–H and O–H groups in total. The molecule has 0 radical (unpaired) electrons. The van der Waals surface area contributed by atoms with Crippen LogP contribution in [0.15, 0.2) is 4.52 Å². The SMILES string of the molecule is Cc1noc(C)c1CCC(=O)NCC1CCCCC1CO. The highest BCUT2D eigenvalue weighted by molar-refractivity contribution is 5.76. The number of carbonyl (C=O) groups excluding carboxylic acids is 1. The van der Waals surface area contributed by atoms with Gasteiger partial charge in [-0.15, -0.1) is 0 Å². The van der Waals surface area contributed by atoms with Crippen molar-refractivity contribution in [3.8, 4) is 0 Å². The molecule has 1 heterocycles. The molecule has 0 aromatic carbocycles. The third-order valence-electron chi connectivity index (χ3n) is 4.65. The number of nitrogens with zero attached hydrogens (tertiary/aromatic N) is 1. The molecule has 1 amide bonds. The van der Waals surface area contributed by atoms with E-state index in [1.54, 1.807) is 0 Å². The van der Waals surface area contributed by atoms with Crippen LogP contribution in [0.4, 0.5) is 0 Å². The zero-order chi connectivity index (χ0) is 15.2. The first-order valence-corrected chi connectivity index (χ1v) is 7.91. The van der Waals surface area contributed by atoms with Gasteiger partial charge in [-0.25, -0.2) is 0 Å². The summed E-state index contributed by atoms with van der Waals surface area (Å²) < 4.78 is 5.10. The third kappa shape index (κ3) is 4.30. The molecule has 2 atom stereocenters. The zero-order valence-electron chi connectivity index (χ0n) is 13.0. The quantitative estimate of drug-likeness (QED) is 0.843. The predicted molar refractivity (Wildman–Crippen MR) is 79.8 cm³/mol. The maximum Gasteiger partial charge on any atom is 0.220 e. The fourth-order valence-electron chi connectivity index (χ4n) is 3.22. The van der Waals surface area contributed by atoms with Crippen LogP contribution in [0.1, 0.15) is 49.1 Å². The Bertz CT molecular complexity index is 451. The van der Waals surface area contributed by atoms with Crippen molar-refractivity contribution in [2.24, 2.45) is 11.8 Å². The summed E-state index contributed by atoms with van der Waals surface area (Å²) in [6.07, 6.45) is 5.71. The van der Waals surface area contributed by atoms with E-state index in [-0.39, 0.29) is 12.5 Å². The number of aromatic nitrogens is 1. The summed E-state index contributed by atoms with van der Waals surface area (Å²) in [5.41, 5.74) is 1.91. The second kappa shape index (κ2) is 7.59. The maximum absolute atomic E-state index is 12.0. The van der Waals surface area contributed by atoms with Gasteiger partial charge < -0.3 is 14.9 Å². The van der Waals surface area contributed by atoms with Crippen molar-refractivity contribution in [3.05, 3.63) is 17.0 Å². The van der Waals surface area contributed by atoms with E-state index in [1.807, 2.05) is 13.8 Å². The molecule has 21 heavy (non-hydrogen) atoms. The van der Waals surface area contributed by atoms with Crippen LogP contribution in [0.25, 0.3) is 0 Å². The molecule has 5 nitrogen and oxygen atoms in total. The van der Waals surface area contributed by atoms with Gasteiger partial charge in [0.25, 0.3) is 0 Å². The molecule has 0 aliphatic heterocycles. The summed E-state index contributed by atoms with van der Waals surface area (Å²) in [7, 11) is 0. The van der Waals surface area contributed by atoms with Gasteiger partial charge >= 0.3 is 0 Å². The van der Waals surface area contributed by atoms with Crippen molar-refractivity contribution in [2.45, 2.75) is 52.4 Å². The summed E-state index contributed by atoms with van der Waals surface area (Å²) in [5.74, 6) is 1.64. The number of hydrogen-bond donors (Lipinski definition) is 2. The third-order valence-corrected chi connectivity index (χ3v) is 4.65. The number of carbonyl (C=O) groups is 1. The molecular weight excluding hydrogens is 268 g/mol. The van der Waals surface area contributed by atoms with Crippen molar-refractivity contribution in [1.29, 1.82) is 0 Å². The summed E-state index contributed by atoms with van der Waals surface area (Å²) in [5, 5.41) is 16.3. The van der Waals surface area contributed by atoms with Gasteiger partial charge in [0.1, 0.15) is 5.76 Å². The molecule has 0 saturated heterocycles. The van der Waals surface area contributed by atoms with Gasteiger partial charge in [-0.1, -0.05) is 18.0 Å². The molecule has 5 heteroatoms. The molecule has 2 unspecified atom stereocenters. The summed E-state index contributed by atoms with van der Waals surface area (Å²) >= 11 is 0. The molecule has 2 rings (SSSR count). The number of aliphatic hydroxyl groups excluding tert-OH is 1. The Labute approximate surface area is 126 Å². The molecule has 0 spiro atoms. The highest BCUT2D eigenvalue weighted by atomic mass is 16.5. The Hall–Kier alpha value is -1.36. The van der Waals surface area contributed by atoms with E-state index < -0.39 is 0 Å². The monoisotopic (exact) mass is 294 g/mol. The summed E-state index contributed by atoms with van der Waals surface area (Å²) in [6.45, 7) is 4.70. The minimum atomic E-state index is 0.0669. The minimum Gasteiger partial charge on any atom is -0.396 e. The Morgan fingerprint density at radius 3 is 2.67 bits per heavy atom. The maximum atomic E-state index is 12.0. The van der Waals surface area contributed by atoms with E-state index in [9.17, 15) is 9.90 Å². The van der Waals surface area contributed by atoms with Crippen LogP contribution in [-0.2, 0) is 11.2 Å². The van der Waals surface area contributed by atoms with E-state index >= 15 is 0 Å². The molecule has 1 aliphatic carbocycles. The zero-order valence-corrected chi connectivity index (χ0v) is 13.0. The lowest BCUT2D eigenvalue weighted by Gasteiger charge is -2.30. The van der Waals surface area contributed by atoms with E-state index in [4.69, 9.17) is 4.52 Å². The van der Waals surface area contributed by atoms with Gasteiger partial charge in [-0.3, -0.25) is 4.79 Å². The number of nitrogens with one attached hydrogen (secondary N) is 1. The van der Waals surface area contributed by atoms with E-state index in [0.717, 1.165) is 29.9 Å². The fraction of sp³-hybridized carbons (Fsp3) is 0.750. The second-order valence-electron chi connectivity index (χ2n) is 6.09. The van der Waals surface area contributed by atoms with E-state index in [0.29, 0.717) is 31.2 Å².